The number of rotatable bonds is 9. The summed E-state index contributed by atoms with van der Waals surface area (Å²) in [4.78, 5) is 65.9. The molecule has 0 aromatic heterocycles. The second-order valence-corrected chi connectivity index (χ2v) is 14.2. The summed E-state index contributed by atoms with van der Waals surface area (Å²) in [5.74, 6) is -0.383. The van der Waals surface area contributed by atoms with Gasteiger partial charge in [-0.2, -0.15) is 23.5 Å². The fourth-order valence-corrected chi connectivity index (χ4v) is 6.78. The Balaban J connectivity index is 2.39. The van der Waals surface area contributed by atoms with Gasteiger partial charge in [0.25, 0.3) is 0 Å². The number of carbonyl (C=O) groups is 5. The largest absolute Gasteiger partial charge is 0.368 e. The minimum Gasteiger partial charge on any atom is -0.368 e. The van der Waals surface area contributed by atoms with Gasteiger partial charge in [0.1, 0.15) is 24.2 Å². The van der Waals surface area contributed by atoms with Crippen LogP contribution in [0.1, 0.15) is 77.3 Å². The number of carbonyl (C=O) groups excluding carboxylic acids is 5. The van der Waals surface area contributed by atoms with Crippen LogP contribution in [-0.4, -0.2) is 71.8 Å². The van der Waals surface area contributed by atoms with E-state index in [-0.39, 0.29) is 29.9 Å². The van der Waals surface area contributed by atoms with E-state index in [1.807, 2.05) is 45.9 Å². The van der Waals surface area contributed by atoms with E-state index in [1.54, 1.807) is 11.8 Å². The first kappa shape index (κ1) is 38.4. The first-order chi connectivity index (χ1) is 21.4. The third kappa shape index (κ3) is 14.0. The highest BCUT2D eigenvalue weighted by Crippen LogP contribution is 2.19. The number of amides is 5. The maximum absolute atomic E-state index is 13.6. The van der Waals surface area contributed by atoms with E-state index >= 15 is 0 Å². The monoisotopic (exact) mass is 664 g/mol. The van der Waals surface area contributed by atoms with E-state index in [0.717, 1.165) is 16.9 Å². The molecule has 5 atom stereocenters. The molecule has 0 saturated carbocycles. The summed E-state index contributed by atoms with van der Waals surface area (Å²) in [6.07, 6.45) is 2.87. The van der Waals surface area contributed by atoms with Crippen LogP contribution in [-0.2, 0) is 35.5 Å². The Morgan fingerprint density at radius 1 is 0.911 bits per heavy atom. The molecule has 0 aliphatic carbocycles. The Hall–Kier alpha value is -2.77. The molecule has 252 valence electrons. The Morgan fingerprint density at radius 3 is 2.20 bits per heavy atom. The molecule has 0 radical (unpaired) electrons. The SMILES string of the molecule is CC[C@H](C)[C@@H]1NC(=O)[C@H](CC(C)C)NC(=O)C(CCCCN)NC(=O)CCSCc2cccc(c2)CSC[C@@H](C(N)=O)NC1=O. The lowest BCUT2D eigenvalue weighted by molar-refractivity contribution is -0.135. The summed E-state index contributed by atoms with van der Waals surface area (Å²) in [5.41, 5.74) is 13.5. The molecular weight excluding hydrogens is 613 g/mol. The zero-order valence-corrected chi connectivity index (χ0v) is 28.7. The van der Waals surface area contributed by atoms with Gasteiger partial charge in [-0.1, -0.05) is 58.4 Å². The molecule has 1 aliphatic heterocycles. The van der Waals surface area contributed by atoms with Crippen LogP contribution in [0.4, 0.5) is 0 Å². The van der Waals surface area contributed by atoms with Gasteiger partial charge in [0.15, 0.2) is 0 Å². The molecule has 1 heterocycles. The lowest BCUT2D eigenvalue weighted by atomic mass is 9.96. The summed E-state index contributed by atoms with van der Waals surface area (Å²) in [6.45, 7) is 8.08. The zero-order chi connectivity index (χ0) is 33.4. The van der Waals surface area contributed by atoms with Crippen LogP contribution < -0.4 is 32.7 Å². The average molecular weight is 665 g/mol. The Labute approximate surface area is 276 Å². The highest BCUT2D eigenvalue weighted by Gasteiger charge is 2.33. The van der Waals surface area contributed by atoms with Crippen molar-refractivity contribution >= 4 is 53.1 Å². The van der Waals surface area contributed by atoms with E-state index in [1.165, 1.54) is 11.8 Å². The number of hydrogen-bond acceptors (Lipinski definition) is 8. The molecule has 0 spiro atoms. The topological polar surface area (TPSA) is 186 Å². The molecule has 5 amide bonds. The average Bonchev–Trinajstić information content (AvgIpc) is 2.99. The Morgan fingerprint density at radius 2 is 1.58 bits per heavy atom. The Kier molecular flexibility index (Phi) is 17.4. The quantitative estimate of drug-likeness (QED) is 0.217. The van der Waals surface area contributed by atoms with E-state index in [4.69, 9.17) is 11.5 Å². The molecule has 8 N–H and O–H groups in total. The predicted octanol–water partition coefficient (Wildman–Crippen LogP) is 2.20. The van der Waals surface area contributed by atoms with Gasteiger partial charge >= 0.3 is 0 Å². The molecule has 0 fully saturated rings. The highest BCUT2D eigenvalue weighted by molar-refractivity contribution is 7.98. The van der Waals surface area contributed by atoms with Crippen LogP contribution in [0.2, 0.25) is 0 Å². The highest BCUT2D eigenvalue weighted by atomic mass is 32.2. The normalized spacial score (nSPS) is 23.9. The van der Waals surface area contributed by atoms with Crippen LogP contribution in [0.3, 0.4) is 0 Å². The van der Waals surface area contributed by atoms with Gasteiger partial charge in [-0.3, -0.25) is 24.0 Å². The maximum Gasteiger partial charge on any atom is 0.243 e. The molecule has 1 aliphatic rings. The summed E-state index contributed by atoms with van der Waals surface area (Å²) in [6, 6.07) is 4.46. The molecule has 0 saturated heterocycles. The van der Waals surface area contributed by atoms with Gasteiger partial charge < -0.3 is 32.7 Å². The van der Waals surface area contributed by atoms with Crippen molar-refractivity contribution in [2.24, 2.45) is 23.3 Å². The number of nitrogens with two attached hydrogens (primary N) is 2. The molecule has 1 unspecified atom stereocenters. The van der Waals surface area contributed by atoms with Gasteiger partial charge in [-0.15, -0.1) is 0 Å². The van der Waals surface area contributed by atoms with Crippen LogP contribution in [0, 0.1) is 11.8 Å². The van der Waals surface area contributed by atoms with Crippen LogP contribution in [0.25, 0.3) is 0 Å². The lowest BCUT2D eigenvalue weighted by Gasteiger charge is -2.29. The molecule has 1 aromatic rings. The van der Waals surface area contributed by atoms with Crippen LogP contribution in [0.15, 0.2) is 24.3 Å². The third-order valence-corrected chi connectivity index (χ3v) is 9.82. The zero-order valence-electron chi connectivity index (χ0n) is 27.1. The Bertz CT molecular complexity index is 1140. The second kappa shape index (κ2) is 20.4. The molecule has 11 nitrogen and oxygen atoms in total. The van der Waals surface area contributed by atoms with Crippen molar-refractivity contribution in [2.75, 3.05) is 18.1 Å². The summed E-state index contributed by atoms with van der Waals surface area (Å²) in [5, 5.41) is 11.3. The van der Waals surface area contributed by atoms with Crippen molar-refractivity contribution in [3.05, 3.63) is 35.4 Å². The van der Waals surface area contributed by atoms with E-state index < -0.39 is 47.8 Å². The van der Waals surface area contributed by atoms with Crippen molar-refractivity contribution in [1.82, 2.24) is 21.3 Å². The number of primary amides is 1. The van der Waals surface area contributed by atoms with Gasteiger partial charge in [0, 0.05) is 29.4 Å². The van der Waals surface area contributed by atoms with E-state index in [0.29, 0.717) is 50.2 Å². The number of hydrogen-bond donors (Lipinski definition) is 6. The van der Waals surface area contributed by atoms with Crippen LogP contribution >= 0.6 is 23.5 Å². The predicted molar refractivity (Wildman–Crippen MR) is 182 cm³/mol. The standard InChI is InChI=1S/C32H52N6O5S2/c1-5-21(4)28-32(43)37-26(29(34)40)19-45-18-23-10-8-9-22(16-23)17-44-14-12-27(39)35-24(11-6-7-13-33)30(41)36-25(15-20(2)3)31(42)38-28/h8-10,16,20-21,24-26,28H,5-7,11-15,17-19,33H2,1-4H3,(H2,34,40)(H,35,39)(H,36,41)(H,37,43)(H,38,42)/t21-,24?,25-,26-,28-/m0/s1. The summed E-state index contributed by atoms with van der Waals surface area (Å²) < 4.78 is 0. The third-order valence-electron chi connectivity index (χ3n) is 7.68. The fourth-order valence-electron chi connectivity index (χ4n) is 4.87. The number of nitrogens with one attached hydrogen (secondary N) is 4. The van der Waals surface area contributed by atoms with Crippen molar-refractivity contribution in [2.45, 2.75) is 102 Å². The molecule has 45 heavy (non-hydrogen) atoms. The first-order valence-electron chi connectivity index (χ1n) is 15.9. The minimum absolute atomic E-state index is 0.0497. The molecular formula is C32H52N6O5S2. The van der Waals surface area contributed by atoms with Crippen molar-refractivity contribution in [3.8, 4) is 0 Å². The number of unbranched alkanes of at least 4 members (excludes halogenated alkanes) is 1. The van der Waals surface area contributed by atoms with Gasteiger partial charge in [0.2, 0.25) is 29.5 Å². The van der Waals surface area contributed by atoms with Crippen molar-refractivity contribution in [1.29, 1.82) is 0 Å². The van der Waals surface area contributed by atoms with Gasteiger partial charge in [-0.05, 0) is 55.2 Å². The maximum atomic E-state index is 13.6. The number of benzene rings is 1. The molecule has 13 heteroatoms. The molecule has 2 bridgehead atoms. The fraction of sp³-hybridized carbons (Fsp3) is 0.656. The number of fused-ring (bicyclic) bond motifs is 2. The smallest absolute Gasteiger partial charge is 0.243 e. The van der Waals surface area contributed by atoms with Gasteiger partial charge in [0.05, 0.1) is 0 Å². The molecule has 1 aromatic carbocycles. The van der Waals surface area contributed by atoms with E-state index in [2.05, 4.69) is 27.3 Å². The minimum atomic E-state index is -0.951. The van der Waals surface area contributed by atoms with Crippen molar-refractivity contribution < 1.29 is 24.0 Å². The van der Waals surface area contributed by atoms with Crippen molar-refractivity contribution in [3.63, 3.8) is 0 Å². The second-order valence-electron chi connectivity index (χ2n) is 12.1. The number of thioether (sulfide) groups is 2. The van der Waals surface area contributed by atoms with E-state index in [9.17, 15) is 24.0 Å². The van der Waals surface area contributed by atoms with Gasteiger partial charge in [-0.25, -0.2) is 0 Å². The summed E-state index contributed by atoms with van der Waals surface area (Å²) >= 11 is 3.11. The van der Waals surface area contributed by atoms with Crippen LogP contribution in [0.5, 0.6) is 0 Å². The first-order valence-corrected chi connectivity index (χ1v) is 18.2. The summed E-state index contributed by atoms with van der Waals surface area (Å²) in [7, 11) is 0. The lowest BCUT2D eigenvalue weighted by Crippen LogP contribution is -2.60. The molecule has 2 rings (SSSR count).